The molecule has 4 nitrogen and oxygen atoms in total. The highest BCUT2D eigenvalue weighted by Gasteiger charge is 2.35. The van der Waals surface area contributed by atoms with Crippen LogP contribution in [-0.2, 0) is 13.0 Å². The largest absolute Gasteiger partial charge is 0.340 e. The molecule has 112 valence electrons. The number of nitrogens with one attached hydrogen (secondary N) is 1. The number of nitrogens with zero attached hydrogens (tertiary/aromatic N) is 3. The minimum Gasteiger partial charge on any atom is -0.340 e. The van der Waals surface area contributed by atoms with Crippen LogP contribution in [0.25, 0.3) is 0 Å². The molecule has 2 fully saturated rings. The Balaban J connectivity index is 1.80. The zero-order valence-corrected chi connectivity index (χ0v) is 13.1. The number of imidazole rings is 1. The van der Waals surface area contributed by atoms with Crippen molar-refractivity contribution in [3.8, 4) is 0 Å². The van der Waals surface area contributed by atoms with Gasteiger partial charge < -0.3 is 14.8 Å². The zero-order valence-electron chi connectivity index (χ0n) is 13.1. The predicted molar refractivity (Wildman–Crippen MR) is 83.2 cm³/mol. The summed E-state index contributed by atoms with van der Waals surface area (Å²) in [5.41, 5.74) is 1.23. The van der Waals surface area contributed by atoms with Crippen molar-refractivity contribution in [3.63, 3.8) is 0 Å². The molecular weight excluding hydrogens is 248 g/mol. The predicted octanol–water partition coefficient (Wildman–Crippen LogP) is 2.29. The highest BCUT2D eigenvalue weighted by atomic mass is 15.3. The molecule has 3 rings (SSSR count). The molecule has 4 heteroatoms. The van der Waals surface area contributed by atoms with E-state index in [9.17, 15) is 0 Å². The first kappa shape index (κ1) is 13.9. The first-order valence-corrected chi connectivity index (χ1v) is 8.21. The van der Waals surface area contributed by atoms with Gasteiger partial charge in [-0.3, -0.25) is 0 Å². The topological polar surface area (TPSA) is 33.1 Å². The fourth-order valence-electron chi connectivity index (χ4n) is 3.62. The third-order valence-corrected chi connectivity index (χ3v) is 4.61. The molecule has 1 aromatic heterocycles. The summed E-state index contributed by atoms with van der Waals surface area (Å²) in [6, 6.07) is 0.679. The summed E-state index contributed by atoms with van der Waals surface area (Å²) in [5, 5.41) is 3.68. The highest BCUT2D eigenvalue weighted by Crippen LogP contribution is 2.29. The lowest BCUT2D eigenvalue weighted by Gasteiger charge is -2.24. The monoisotopic (exact) mass is 276 g/mol. The van der Waals surface area contributed by atoms with Crippen LogP contribution in [0.1, 0.15) is 39.3 Å². The second-order valence-electron chi connectivity index (χ2n) is 6.80. The quantitative estimate of drug-likeness (QED) is 0.916. The van der Waals surface area contributed by atoms with E-state index >= 15 is 0 Å². The second-order valence-corrected chi connectivity index (χ2v) is 6.80. The molecule has 0 radical (unpaired) electrons. The van der Waals surface area contributed by atoms with Gasteiger partial charge in [0.15, 0.2) is 0 Å². The molecule has 0 unspecified atom stereocenters. The van der Waals surface area contributed by atoms with Gasteiger partial charge in [-0.15, -0.1) is 0 Å². The summed E-state index contributed by atoms with van der Waals surface area (Å²) in [6.07, 6.45) is 5.98. The van der Waals surface area contributed by atoms with E-state index in [0.29, 0.717) is 12.0 Å². The van der Waals surface area contributed by atoms with Crippen LogP contribution in [0.2, 0.25) is 0 Å². The second kappa shape index (κ2) is 5.76. The maximum atomic E-state index is 4.88. The standard InChI is InChI=1S/C16H28N4/c1-4-14-10-19(8-12(2)3)16(18-14)20-9-13-6-5-7-17-15(13)11-20/h10,12-13,15,17H,4-9,11H2,1-3H3/t13-,15+/m0/s1. The van der Waals surface area contributed by atoms with Crippen LogP contribution in [0.5, 0.6) is 0 Å². The molecule has 20 heavy (non-hydrogen) atoms. The molecule has 0 bridgehead atoms. The Morgan fingerprint density at radius 1 is 1.40 bits per heavy atom. The van der Waals surface area contributed by atoms with Gasteiger partial charge in [0.2, 0.25) is 5.95 Å². The lowest BCUT2D eigenvalue weighted by Crippen LogP contribution is -2.40. The molecule has 0 amide bonds. The molecule has 0 aliphatic carbocycles. The van der Waals surface area contributed by atoms with Gasteiger partial charge in [-0.25, -0.2) is 4.98 Å². The van der Waals surface area contributed by atoms with Crippen molar-refractivity contribution < 1.29 is 0 Å². The van der Waals surface area contributed by atoms with Crippen molar-refractivity contribution in [1.29, 1.82) is 0 Å². The highest BCUT2D eigenvalue weighted by molar-refractivity contribution is 5.37. The third kappa shape index (κ3) is 2.71. The SMILES string of the molecule is CCc1cn(CC(C)C)c(N2C[C@@H]3CCCN[C@@H]3C2)n1. The van der Waals surface area contributed by atoms with Gasteiger partial charge in [0.05, 0.1) is 5.69 Å². The van der Waals surface area contributed by atoms with E-state index in [1.165, 1.54) is 37.6 Å². The van der Waals surface area contributed by atoms with Crippen molar-refractivity contribution in [3.05, 3.63) is 11.9 Å². The molecule has 0 spiro atoms. The van der Waals surface area contributed by atoms with Crippen LogP contribution in [0, 0.1) is 11.8 Å². The summed E-state index contributed by atoms with van der Waals surface area (Å²) in [6.45, 7) is 11.3. The van der Waals surface area contributed by atoms with Crippen molar-refractivity contribution >= 4 is 5.95 Å². The van der Waals surface area contributed by atoms with Gasteiger partial charge in [-0.05, 0) is 37.6 Å². The maximum Gasteiger partial charge on any atom is 0.205 e. The first-order valence-electron chi connectivity index (χ1n) is 8.21. The number of fused-ring (bicyclic) bond motifs is 1. The number of hydrogen-bond acceptors (Lipinski definition) is 3. The summed E-state index contributed by atoms with van der Waals surface area (Å²) in [4.78, 5) is 7.39. The van der Waals surface area contributed by atoms with Crippen LogP contribution in [-0.4, -0.2) is 35.2 Å². The molecule has 2 saturated heterocycles. The number of aryl methyl sites for hydroxylation is 1. The van der Waals surface area contributed by atoms with E-state index in [0.717, 1.165) is 25.4 Å². The van der Waals surface area contributed by atoms with Crippen LogP contribution in [0.4, 0.5) is 5.95 Å². The van der Waals surface area contributed by atoms with Crippen LogP contribution in [0.3, 0.4) is 0 Å². The van der Waals surface area contributed by atoms with Gasteiger partial charge in [-0.1, -0.05) is 20.8 Å². The van der Waals surface area contributed by atoms with Gasteiger partial charge in [0.1, 0.15) is 0 Å². The van der Waals surface area contributed by atoms with Crippen molar-refractivity contribution in [2.45, 2.75) is 52.6 Å². The summed E-state index contributed by atoms with van der Waals surface area (Å²) >= 11 is 0. The lowest BCUT2D eigenvalue weighted by atomic mass is 9.94. The average molecular weight is 276 g/mol. The van der Waals surface area contributed by atoms with Crippen LogP contribution in [0.15, 0.2) is 6.20 Å². The van der Waals surface area contributed by atoms with E-state index in [-0.39, 0.29) is 0 Å². The van der Waals surface area contributed by atoms with Crippen molar-refractivity contribution in [2.24, 2.45) is 11.8 Å². The summed E-state index contributed by atoms with van der Waals surface area (Å²) in [5.74, 6) is 2.68. The molecule has 1 N–H and O–H groups in total. The number of piperidine rings is 1. The Bertz CT molecular complexity index is 437. The minimum absolute atomic E-state index is 0.663. The van der Waals surface area contributed by atoms with E-state index in [2.05, 4.69) is 41.8 Å². The van der Waals surface area contributed by atoms with Gasteiger partial charge in [0.25, 0.3) is 0 Å². The number of hydrogen-bond donors (Lipinski definition) is 1. The smallest absolute Gasteiger partial charge is 0.205 e. The summed E-state index contributed by atoms with van der Waals surface area (Å²) < 4.78 is 2.38. The molecule has 0 aromatic carbocycles. The van der Waals surface area contributed by atoms with Gasteiger partial charge in [0, 0.05) is 31.9 Å². The van der Waals surface area contributed by atoms with Crippen LogP contribution >= 0.6 is 0 Å². The Labute approximate surface area is 122 Å². The average Bonchev–Trinajstić information content (AvgIpc) is 3.00. The normalized spacial score (nSPS) is 26.3. The molecule has 0 saturated carbocycles. The minimum atomic E-state index is 0.663. The number of rotatable bonds is 4. The first-order chi connectivity index (χ1) is 9.67. The molecule has 3 heterocycles. The van der Waals surface area contributed by atoms with Crippen LogP contribution < -0.4 is 10.2 Å². The molecule has 2 atom stereocenters. The van der Waals surface area contributed by atoms with Gasteiger partial charge in [-0.2, -0.15) is 0 Å². The van der Waals surface area contributed by atoms with Crippen molar-refractivity contribution in [1.82, 2.24) is 14.9 Å². The molecule has 2 aliphatic heterocycles. The van der Waals surface area contributed by atoms with E-state index < -0.39 is 0 Å². The maximum absolute atomic E-state index is 4.88. The zero-order chi connectivity index (χ0) is 14.1. The number of aromatic nitrogens is 2. The van der Waals surface area contributed by atoms with E-state index in [1.807, 2.05) is 0 Å². The van der Waals surface area contributed by atoms with Crippen molar-refractivity contribution in [2.75, 3.05) is 24.5 Å². The van der Waals surface area contributed by atoms with E-state index in [4.69, 9.17) is 4.98 Å². The van der Waals surface area contributed by atoms with Gasteiger partial charge >= 0.3 is 0 Å². The lowest BCUT2D eigenvalue weighted by molar-refractivity contribution is 0.340. The Kier molecular flexibility index (Phi) is 4.01. The van der Waals surface area contributed by atoms with E-state index in [1.54, 1.807) is 0 Å². The molecule has 2 aliphatic rings. The third-order valence-electron chi connectivity index (χ3n) is 4.61. The number of anilines is 1. The molecular formula is C16H28N4. The molecule has 1 aromatic rings. The summed E-state index contributed by atoms with van der Waals surface area (Å²) in [7, 11) is 0. The Morgan fingerprint density at radius 2 is 2.25 bits per heavy atom. The fraction of sp³-hybridized carbons (Fsp3) is 0.812. The fourth-order valence-corrected chi connectivity index (χ4v) is 3.62. The Morgan fingerprint density at radius 3 is 2.95 bits per heavy atom. The Hall–Kier alpha value is -1.03.